The van der Waals surface area contributed by atoms with Crippen molar-refractivity contribution in [3.05, 3.63) is 65.7 Å². The number of aryl methyl sites for hydroxylation is 1. The van der Waals surface area contributed by atoms with Crippen LogP contribution in [0.5, 0.6) is 0 Å². The molecule has 0 N–H and O–H groups in total. The van der Waals surface area contributed by atoms with Crippen LogP contribution in [0.1, 0.15) is 11.1 Å². The van der Waals surface area contributed by atoms with Crippen molar-refractivity contribution >= 4 is 11.8 Å². The fraction of sp³-hybridized carbons (Fsp3) is 0.176. The minimum absolute atomic E-state index is 0.903. The van der Waals surface area contributed by atoms with Crippen LogP contribution in [0, 0.1) is 6.92 Å². The van der Waals surface area contributed by atoms with Gasteiger partial charge >= 0.3 is 0 Å². The van der Waals surface area contributed by atoms with Gasteiger partial charge in [-0.15, -0.1) is 10.2 Å². The maximum Gasteiger partial charge on any atom is 0.191 e. The fourth-order valence-corrected chi connectivity index (χ4v) is 3.09. The third-order valence-corrected chi connectivity index (χ3v) is 4.52. The number of benzene rings is 2. The highest BCUT2D eigenvalue weighted by atomic mass is 32.2. The van der Waals surface area contributed by atoms with Gasteiger partial charge in [0.25, 0.3) is 0 Å². The first-order chi connectivity index (χ1) is 10.3. The first-order valence-corrected chi connectivity index (χ1v) is 7.86. The maximum atomic E-state index is 4.35. The highest BCUT2D eigenvalue weighted by Crippen LogP contribution is 2.26. The highest BCUT2D eigenvalue weighted by molar-refractivity contribution is 7.98. The number of hydrogen-bond acceptors (Lipinski definition) is 3. The first-order valence-electron chi connectivity index (χ1n) is 6.88. The largest absolute Gasteiger partial charge is 0.305 e. The quantitative estimate of drug-likeness (QED) is 0.679. The molecule has 0 aliphatic carbocycles. The first kappa shape index (κ1) is 13.9. The molecule has 0 radical (unpaired) electrons. The number of thioether (sulfide) groups is 1. The molecule has 1 heterocycles. The van der Waals surface area contributed by atoms with E-state index in [1.54, 1.807) is 11.8 Å². The van der Waals surface area contributed by atoms with Gasteiger partial charge < -0.3 is 4.57 Å². The molecule has 0 aliphatic rings. The third-order valence-electron chi connectivity index (χ3n) is 3.43. The zero-order valence-corrected chi connectivity index (χ0v) is 13.0. The molecule has 0 saturated heterocycles. The van der Waals surface area contributed by atoms with Crippen LogP contribution in [0.25, 0.3) is 11.4 Å². The van der Waals surface area contributed by atoms with E-state index in [1.807, 2.05) is 25.2 Å². The summed E-state index contributed by atoms with van der Waals surface area (Å²) >= 11 is 1.71. The van der Waals surface area contributed by atoms with E-state index in [9.17, 15) is 0 Å². The molecule has 0 spiro atoms. The van der Waals surface area contributed by atoms with Gasteiger partial charge in [0, 0.05) is 18.4 Å². The van der Waals surface area contributed by atoms with Crippen LogP contribution in [0.15, 0.2) is 59.8 Å². The van der Waals surface area contributed by atoms with Gasteiger partial charge in [-0.2, -0.15) is 0 Å². The SMILES string of the molecule is Cc1ccccc1-c1nnc(SCc2ccccc2)n1C. The molecule has 0 fully saturated rings. The molecule has 1 aromatic heterocycles. The van der Waals surface area contributed by atoms with Gasteiger partial charge in [0.05, 0.1) is 0 Å². The van der Waals surface area contributed by atoms with Gasteiger partial charge in [-0.05, 0) is 18.1 Å². The summed E-state index contributed by atoms with van der Waals surface area (Å²) in [4.78, 5) is 0. The highest BCUT2D eigenvalue weighted by Gasteiger charge is 2.12. The van der Waals surface area contributed by atoms with E-state index in [1.165, 1.54) is 11.1 Å². The molecule has 2 aromatic carbocycles. The third kappa shape index (κ3) is 3.00. The minimum Gasteiger partial charge on any atom is -0.305 e. The molecule has 3 aromatic rings. The van der Waals surface area contributed by atoms with Gasteiger partial charge in [-0.25, -0.2) is 0 Å². The normalized spacial score (nSPS) is 10.8. The molecule has 0 bridgehead atoms. The van der Waals surface area contributed by atoms with Crippen LogP contribution < -0.4 is 0 Å². The number of hydrogen-bond donors (Lipinski definition) is 0. The molecule has 0 saturated carbocycles. The summed E-state index contributed by atoms with van der Waals surface area (Å²) in [6.45, 7) is 2.10. The number of nitrogens with zero attached hydrogens (tertiary/aromatic N) is 3. The Kier molecular flexibility index (Phi) is 4.06. The summed E-state index contributed by atoms with van der Waals surface area (Å²) in [6, 6.07) is 18.7. The standard InChI is InChI=1S/C17H17N3S/c1-13-8-6-7-11-15(13)16-18-19-17(20(16)2)21-12-14-9-4-3-5-10-14/h3-11H,12H2,1-2H3. The Hall–Kier alpha value is -2.07. The number of aromatic nitrogens is 3. The molecule has 3 nitrogen and oxygen atoms in total. The van der Waals surface area contributed by atoms with E-state index in [0.29, 0.717) is 0 Å². The van der Waals surface area contributed by atoms with E-state index < -0.39 is 0 Å². The van der Waals surface area contributed by atoms with Crippen molar-refractivity contribution in [2.75, 3.05) is 0 Å². The summed E-state index contributed by atoms with van der Waals surface area (Å²) in [7, 11) is 2.02. The van der Waals surface area contributed by atoms with E-state index in [2.05, 4.69) is 58.1 Å². The van der Waals surface area contributed by atoms with Crippen molar-refractivity contribution in [2.24, 2.45) is 7.05 Å². The summed E-state index contributed by atoms with van der Waals surface area (Å²) in [5.41, 5.74) is 3.65. The molecule has 4 heteroatoms. The number of rotatable bonds is 4. The summed E-state index contributed by atoms with van der Waals surface area (Å²) in [6.07, 6.45) is 0. The van der Waals surface area contributed by atoms with Crippen molar-refractivity contribution in [1.82, 2.24) is 14.8 Å². The molecule has 0 aliphatic heterocycles. The van der Waals surface area contributed by atoms with Crippen LogP contribution >= 0.6 is 11.8 Å². The van der Waals surface area contributed by atoms with E-state index in [4.69, 9.17) is 0 Å². The molecule has 21 heavy (non-hydrogen) atoms. The topological polar surface area (TPSA) is 30.7 Å². The molecule has 106 valence electrons. The molecule has 0 unspecified atom stereocenters. The maximum absolute atomic E-state index is 4.35. The Morgan fingerprint density at radius 3 is 2.43 bits per heavy atom. The van der Waals surface area contributed by atoms with Crippen molar-refractivity contribution in [1.29, 1.82) is 0 Å². The molecular formula is C17H17N3S. The lowest BCUT2D eigenvalue weighted by Gasteiger charge is -2.06. The van der Waals surface area contributed by atoms with Gasteiger partial charge in [-0.1, -0.05) is 66.4 Å². The Bertz CT molecular complexity index is 735. The lowest BCUT2D eigenvalue weighted by molar-refractivity contribution is 0.793. The Morgan fingerprint density at radius 1 is 0.952 bits per heavy atom. The van der Waals surface area contributed by atoms with Crippen LogP contribution in [-0.2, 0) is 12.8 Å². The lowest BCUT2D eigenvalue weighted by atomic mass is 10.1. The second-order valence-corrected chi connectivity index (χ2v) is 5.90. The second-order valence-electron chi connectivity index (χ2n) is 4.95. The summed E-state index contributed by atoms with van der Waals surface area (Å²) < 4.78 is 2.07. The smallest absolute Gasteiger partial charge is 0.191 e. The lowest BCUT2D eigenvalue weighted by Crippen LogP contribution is -1.96. The van der Waals surface area contributed by atoms with Crippen molar-refractivity contribution in [2.45, 2.75) is 17.8 Å². The van der Waals surface area contributed by atoms with Crippen LogP contribution in [-0.4, -0.2) is 14.8 Å². The summed E-state index contributed by atoms with van der Waals surface area (Å²) in [5, 5.41) is 9.62. The van der Waals surface area contributed by atoms with Crippen molar-refractivity contribution in [3.63, 3.8) is 0 Å². The average Bonchev–Trinajstić information content (AvgIpc) is 2.88. The van der Waals surface area contributed by atoms with Crippen molar-refractivity contribution < 1.29 is 0 Å². The zero-order valence-electron chi connectivity index (χ0n) is 12.2. The fourth-order valence-electron chi connectivity index (χ4n) is 2.22. The van der Waals surface area contributed by atoms with Crippen LogP contribution in [0.4, 0.5) is 0 Å². The molecule has 0 amide bonds. The van der Waals surface area contributed by atoms with E-state index in [-0.39, 0.29) is 0 Å². The molecular weight excluding hydrogens is 278 g/mol. The molecule has 3 rings (SSSR count). The molecule has 0 atom stereocenters. The van der Waals surface area contributed by atoms with Gasteiger partial charge in [0.15, 0.2) is 11.0 Å². The van der Waals surface area contributed by atoms with Crippen LogP contribution in [0.3, 0.4) is 0 Å². The predicted molar refractivity (Wildman–Crippen MR) is 87.2 cm³/mol. The zero-order chi connectivity index (χ0) is 14.7. The van der Waals surface area contributed by atoms with E-state index >= 15 is 0 Å². The Morgan fingerprint density at radius 2 is 1.67 bits per heavy atom. The van der Waals surface area contributed by atoms with Gasteiger partial charge in [0.2, 0.25) is 0 Å². The van der Waals surface area contributed by atoms with Gasteiger partial charge in [0.1, 0.15) is 0 Å². The van der Waals surface area contributed by atoms with Gasteiger partial charge in [-0.3, -0.25) is 0 Å². The Balaban J connectivity index is 1.82. The van der Waals surface area contributed by atoms with Crippen molar-refractivity contribution in [3.8, 4) is 11.4 Å². The van der Waals surface area contributed by atoms with Crippen LogP contribution in [0.2, 0.25) is 0 Å². The Labute approximate surface area is 129 Å². The predicted octanol–water partition coefficient (Wildman–Crippen LogP) is 4.08. The second kappa shape index (κ2) is 6.14. The monoisotopic (exact) mass is 295 g/mol. The summed E-state index contributed by atoms with van der Waals surface area (Å²) in [5.74, 6) is 1.82. The van der Waals surface area contributed by atoms with E-state index in [0.717, 1.165) is 22.3 Å². The minimum atomic E-state index is 0.903. The average molecular weight is 295 g/mol.